The summed E-state index contributed by atoms with van der Waals surface area (Å²) in [6.07, 6.45) is 0.921. The zero-order valence-electron chi connectivity index (χ0n) is 15.3. The summed E-state index contributed by atoms with van der Waals surface area (Å²) in [5.74, 6) is 0.315. The number of H-pyrrole nitrogens is 1. The van der Waals surface area contributed by atoms with Crippen LogP contribution in [-0.2, 0) is 4.79 Å². The molecule has 1 amide bonds. The van der Waals surface area contributed by atoms with Crippen molar-refractivity contribution in [3.05, 3.63) is 53.1 Å². The molecule has 138 valence electrons. The number of hydrogen-bond acceptors (Lipinski definition) is 5. The van der Waals surface area contributed by atoms with Crippen molar-refractivity contribution < 1.29 is 9.78 Å². The Balaban J connectivity index is 2.03. The van der Waals surface area contributed by atoms with Crippen LogP contribution in [0.3, 0.4) is 0 Å². The van der Waals surface area contributed by atoms with Gasteiger partial charge in [0, 0.05) is 12.5 Å². The SMILES string of the molecule is CC[C@@H](CNC(=O)[C@H](C)Sc1[nH+]c(N)c(C#N)cc1C#N)c1ccccc1. The number of thioether (sulfide) groups is 1. The van der Waals surface area contributed by atoms with Gasteiger partial charge in [0.05, 0.1) is 5.25 Å². The maximum atomic E-state index is 12.5. The molecular formula is C20H22N5OS+. The van der Waals surface area contributed by atoms with Gasteiger partial charge in [-0.25, -0.2) is 4.98 Å². The molecule has 7 heteroatoms. The first-order chi connectivity index (χ1) is 13.0. The van der Waals surface area contributed by atoms with Gasteiger partial charge in [0.2, 0.25) is 5.91 Å². The average Bonchev–Trinajstić information content (AvgIpc) is 2.69. The topological polar surface area (TPSA) is 117 Å². The second kappa shape index (κ2) is 9.61. The predicted octanol–water partition coefficient (Wildman–Crippen LogP) is 2.62. The number of benzene rings is 1. The molecule has 0 radical (unpaired) electrons. The number of carbonyl (C=O) groups is 1. The Hall–Kier alpha value is -3.03. The minimum absolute atomic E-state index is 0.116. The summed E-state index contributed by atoms with van der Waals surface area (Å²) >= 11 is 1.21. The van der Waals surface area contributed by atoms with E-state index in [9.17, 15) is 10.1 Å². The first-order valence-corrected chi connectivity index (χ1v) is 9.53. The van der Waals surface area contributed by atoms with E-state index in [1.165, 1.54) is 23.4 Å². The molecule has 0 saturated carbocycles. The van der Waals surface area contributed by atoms with Crippen LogP contribution in [0.4, 0.5) is 5.82 Å². The molecule has 0 unspecified atom stereocenters. The Morgan fingerprint density at radius 2 is 1.93 bits per heavy atom. The Bertz CT molecular complexity index is 886. The molecule has 27 heavy (non-hydrogen) atoms. The van der Waals surface area contributed by atoms with Crippen molar-refractivity contribution in [3.63, 3.8) is 0 Å². The van der Waals surface area contributed by atoms with E-state index in [4.69, 9.17) is 11.0 Å². The molecule has 0 aliphatic carbocycles. The van der Waals surface area contributed by atoms with Crippen molar-refractivity contribution in [1.29, 1.82) is 10.5 Å². The van der Waals surface area contributed by atoms with Crippen molar-refractivity contribution in [1.82, 2.24) is 5.32 Å². The fourth-order valence-corrected chi connectivity index (χ4v) is 3.58. The molecule has 0 saturated heterocycles. The Morgan fingerprint density at radius 3 is 2.52 bits per heavy atom. The van der Waals surface area contributed by atoms with Gasteiger partial charge in [0.25, 0.3) is 5.82 Å². The third-order valence-corrected chi connectivity index (χ3v) is 5.39. The van der Waals surface area contributed by atoms with Gasteiger partial charge in [0.1, 0.15) is 23.3 Å². The number of nitriles is 2. The van der Waals surface area contributed by atoms with E-state index >= 15 is 0 Å². The molecule has 2 atom stereocenters. The first-order valence-electron chi connectivity index (χ1n) is 8.65. The molecule has 1 aromatic heterocycles. The normalized spacial score (nSPS) is 12.4. The number of nitrogens with zero attached hydrogens (tertiary/aromatic N) is 2. The number of rotatable bonds is 7. The summed E-state index contributed by atoms with van der Waals surface area (Å²) in [6.45, 7) is 4.41. The van der Waals surface area contributed by atoms with E-state index in [-0.39, 0.29) is 23.2 Å². The van der Waals surface area contributed by atoms with Gasteiger partial charge >= 0.3 is 0 Å². The minimum atomic E-state index is -0.422. The van der Waals surface area contributed by atoms with Crippen molar-refractivity contribution in [2.75, 3.05) is 12.3 Å². The van der Waals surface area contributed by atoms with Crippen LogP contribution in [0.5, 0.6) is 0 Å². The van der Waals surface area contributed by atoms with Crippen LogP contribution in [-0.4, -0.2) is 17.7 Å². The van der Waals surface area contributed by atoms with Gasteiger partial charge in [-0.05, 0) is 25.0 Å². The smallest absolute Gasteiger partial charge is 0.289 e. The van der Waals surface area contributed by atoms with E-state index in [0.717, 1.165) is 6.42 Å². The number of nitrogens with two attached hydrogens (primary N) is 1. The highest BCUT2D eigenvalue weighted by Crippen LogP contribution is 2.25. The lowest BCUT2D eigenvalue weighted by Gasteiger charge is -2.18. The van der Waals surface area contributed by atoms with Crippen LogP contribution in [0, 0.1) is 22.7 Å². The molecule has 4 N–H and O–H groups in total. The summed E-state index contributed by atoms with van der Waals surface area (Å²) in [6, 6.07) is 15.5. The van der Waals surface area contributed by atoms with Crippen molar-refractivity contribution in [2.45, 2.75) is 36.5 Å². The second-order valence-corrected chi connectivity index (χ2v) is 7.44. The van der Waals surface area contributed by atoms with Gasteiger partial charge in [-0.2, -0.15) is 10.5 Å². The van der Waals surface area contributed by atoms with Crippen molar-refractivity contribution >= 4 is 23.5 Å². The molecule has 0 aliphatic rings. The van der Waals surface area contributed by atoms with Gasteiger partial charge in [-0.1, -0.05) is 49.0 Å². The number of hydrogen-bond donors (Lipinski definition) is 2. The van der Waals surface area contributed by atoms with Gasteiger partial charge in [0.15, 0.2) is 5.03 Å². The van der Waals surface area contributed by atoms with Crippen molar-refractivity contribution in [3.8, 4) is 12.1 Å². The number of pyridine rings is 1. The maximum Gasteiger partial charge on any atom is 0.289 e. The molecule has 0 spiro atoms. The molecule has 6 nitrogen and oxygen atoms in total. The summed E-state index contributed by atoms with van der Waals surface area (Å²) in [5, 5.41) is 21.3. The summed E-state index contributed by atoms with van der Waals surface area (Å²) in [5.41, 5.74) is 7.48. The Kier molecular flexibility index (Phi) is 7.22. The van der Waals surface area contributed by atoms with Crippen LogP contribution < -0.4 is 16.0 Å². The van der Waals surface area contributed by atoms with E-state index < -0.39 is 5.25 Å². The summed E-state index contributed by atoms with van der Waals surface area (Å²) in [4.78, 5) is 15.3. The molecule has 0 aliphatic heterocycles. The first kappa shape index (κ1) is 20.3. The largest absolute Gasteiger partial charge is 0.355 e. The quantitative estimate of drug-likeness (QED) is 0.716. The number of nitrogen functional groups attached to an aromatic ring is 1. The molecule has 2 rings (SSSR count). The number of anilines is 1. The lowest BCUT2D eigenvalue weighted by atomic mass is 9.96. The van der Waals surface area contributed by atoms with Crippen molar-refractivity contribution in [2.24, 2.45) is 0 Å². The fourth-order valence-electron chi connectivity index (χ4n) is 2.63. The number of nitrogens with one attached hydrogen (secondary N) is 2. The van der Waals surface area contributed by atoms with E-state index in [2.05, 4.69) is 29.4 Å². The number of aromatic amines is 1. The van der Waals surface area contributed by atoms with E-state index in [1.54, 1.807) is 6.92 Å². The minimum Gasteiger partial charge on any atom is -0.355 e. The standard InChI is InChI=1S/C20H21N5OS/c1-3-14(15-7-5-4-6-8-15)12-24-19(26)13(2)27-20-17(11-22)9-16(10-21)18(23)25-20/h4-9,13-14H,3,12H2,1-2H3,(H2,23,25)(H,24,26)/p+1/t13-,14-/m0/s1. The number of amides is 1. The van der Waals surface area contributed by atoms with E-state index in [0.29, 0.717) is 17.1 Å². The summed E-state index contributed by atoms with van der Waals surface area (Å²) < 4.78 is 0. The van der Waals surface area contributed by atoms with Crippen LogP contribution in [0.25, 0.3) is 0 Å². The third kappa shape index (κ3) is 5.22. The van der Waals surface area contributed by atoms with Crippen LogP contribution >= 0.6 is 11.8 Å². The average molecular weight is 380 g/mol. The molecule has 0 fully saturated rings. The predicted molar refractivity (Wildman–Crippen MR) is 105 cm³/mol. The number of carbonyl (C=O) groups excluding carboxylic acids is 1. The monoisotopic (exact) mass is 380 g/mol. The Labute approximate surface area is 163 Å². The molecule has 0 bridgehead atoms. The summed E-state index contributed by atoms with van der Waals surface area (Å²) in [7, 11) is 0. The molecule has 1 heterocycles. The molecular weight excluding hydrogens is 358 g/mol. The highest BCUT2D eigenvalue weighted by atomic mass is 32.2. The van der Waals surface area contributed by atoms with Crippen LogP contribution in [0.1, 0.15) is 42.9 Å². The number of aromatic nitrogens is 1. The van der Waals surface area contributed by atoms with Crippen LogP contribution in [0.2, 0.25) is 0 Å². The van der Waals surface area contributed by atoms with Gasteiger partial charge < -0.3 is 5.32 Å². The highest BCUT2D eigenvalue weighted by Gasteiger charge is 2.22. The lowest BCUT2D eigenvalue weighted by Crippen LogP contribution is -2.34. The molecule has 2 aromatic rings. The van der Waals surface area contributed by atoms with Crippen LogP contribution in [0.15, 0.2) is 41.4 Å². The van der Waals surface area contributed by atoms with Gasteiger partial charge in [-0.15, -0.1) is 0 Å². The highest BCUT2D eigenvalue weighted by molar-refractivity contribution is 8.00. The lowest BCUT2D eigenvalue weighted by molar-refractivity contribution is -0.410. The zero-order chi connectivity index (χ0) is 19.8. The Morgan fingerprint density at radius 1 is 1.26 bits per heavy atom. The maximum absolute atomic E-state index is 12.5. The zero-order valence-corrected chi connectivity index (χ0v) is 16.1. The fraction of sp³-hybridized carbons (Fsp3) is 0.300. The van der Waals surface area contributed by atoms with E-state index in [1.807, 2.05) is 30.3 Å². The van der Waals surface area contributed by atoms with Gasteiger partial charge in [-0.3, -0.25) is 10.5 Å². The molecule has 1 aromatic carbocycles. The second-order valence-electron chi connectivity index (χ2n) is 6.08. The third-order valence-electron chi connectivity index (χ3n) is 4.26.